The van der Waals surface area contributed by atoms with Crippen molar-refractivity contribution in [2.75, 3.05) is 4.90 Å². The summed E-state index contributed by atoms with van der Waals surface area (Å²) in [5.41, 5.74) is 3.90. The highest BCUT2D eigenvalue weighted by atomic mass is 35.5. The van der Waals surface area contributed by atoms with Crippen LogP contribution >= 0.6 is 23.4 Å². The minimum Gasteiger partial charge on any atom is -0.268 e. The van der Waals surface area contributed by atoms with E-state index in [2.05, 4.69) is 0 Å². The number of amides is 2. The van der Waals surface area contributed by atoms with Crippen molar-refractivity contribution < 1.29 is 9.59 Å². The average Bonchev–Trinajstić information content (AvgIpc) is 2.96. The fraction of sp³-hybridized carbons (Fsp3) is 0.0833. The summed E-state index contributed by atoms with van der Waals surface area (Å²) in [4.78, 5) is 29.3. The largest absolute Gasteiger partial charge is 0.272 e. The van der Waals surface area contributed by atoms with Crippen LogP contribution in [-0.2, 0) is 9.59 Å². The van der Waals surface area contributed by atoms with Gasteiger partial charge in [-0.3, -0.25) is 9.59 Å². The smallest absolute Gasteiger partial charge is 0.268 e. The van der Waals surface area contributed by atoms with E-state index in [1.165, 1.54) is 16.7 Å². The summed E-state index contributed by atoms with van der Waals surface area (Å²) in [6.07, 6.45) is 0. The van der Waals surface area contributed by atoms with Crippen LogP contribution in [0.15, 0.2) is 82.6 Å². The van der Waals surface area contributed by atoms with Gasteiger partial charge in [-0.05, 0) is 66.9 Å². The van der Waals surface area contributed by atoms with E-state index in [9.17, 15) is 9.59 Å². The van der Waals surface area contributed by atoms with E-state index in [4.69, 9.17) is 11.6 Å². The number of nitrogens with zero attached hydrogens (tertiary/aromatic N) is 1. The molecule has 5 heteroatoms. The van der Waals surface area contributed by atoms with Crippen molar-refractivity contribution in [3.8, 4) is 0 Å². The van der Waals surface area contributed by atoms with E-state index in [0.717, 1.165) is 21.6 Å². The molecular formula is C24H18ClNO2S. The Morgan fingerprint density at radius 2 is 1.48 bits per heavy atom. The molecule has 0 radical (unpaired) electrons. The van der Waals surface area contributed by atoms with Crippen LogP contribution in [0.1, 0.15) is 16.7 Å². The zero-order valence-electron chi connectivity index (χ0n) is 16.0. The molecule has 0 N–H and O–H groups in total. The summed E-state index contributed by atoms with van der Waals surface area (Å²) in [5, 5.41) is 0.550. The lowest BCUT2D eigenvalue weighted by atomic mass is 10.0. The van der Waals surface area contributed by atoms with Crippen LogP contribution in [0.2, 0.25) is 5.02 Å². The van der Waals surface area contributed by atoms with Crippen LogP contribution in [0.25, 0.3) is 5.57 Å². The number of thioether (sulfide) groups is 1. The third-order valence-corrected chi connectivity index (χ3v) is 6.23. The third-order valence-electron chi connectivity index (χ3n) is 4.88. The number of halogens is 1. The number of imide groups is 1. The molecule has 1 heterocycles. The SMILES string of the molecule is Cc1ccc(C2=C(Sc3ccccc3)C(=O)N(c3ccc(Cl)cc3)C2=O)cc1C. The highest BCUT2D eigenvalue weighted by Gasteiger charge is 2.40. The zero-order chi connectivity index (χ0) is 20.5. The topological polar surface area (TPSA) is 37.4 Å². The molecule has 0 aromatic heterocycles. The molecule has 0 fully saturated rings. The molecule has 4 rings (SSSR count). The molecule has 3 nitrogen and oxygen atoms in total. The average molecular weight is 420 g/mol. The lowest BCUT2D eigenvalue weighted by Gasteiger charge is -2.15. The van der Waals surface area contributed by atoms with Crippen LogP contribution < -0.4 is 4.90 Å². The van der Waals surface area contributed by atoms with Crippen molar-refractivity contribution in [2.45, 2.75) is 18.7 Å². The molecule has 0 bridgehead atoms. The van der Waals surface area contributed by atoms with E-state index < -0.39 is 0 Å². The van der Waals surface area contributed by atoms with Crippen molar-refractivity contribution in [1.82, 2.24) is 0 Å². The van der Waals surface area contributed by atoms with Gasteiger partial charge in [0.1, 0.15) is 0 Å². The first-order chi connectivity index (χ1) is 14.0. The maximum absolute atomic E-state index is 13.4. The molecule has 144 valence electrons. The van der Waals surface area contributed by atoms with E-state index >= 15 is 0 Å². The van der Waals surface area contributed by atoms with Gasteiger partial charge < -0.3 is 0 Å². The first-order valence-electron chi connectivity index (χ1n) is 9.15. The number of carbonyl (C=O) groups is 2. The summed E-state index contributed by atoms with van der Waals surface area (Å²) < 4.78 is 0. The highest BCUT2D eigenvalue weighted by molar-refractivity contribution is 8.04. The number of hydrogen-bond acceptors (Lipinski definition) is 3. The van der Waals surface area contributed by atoms with E-state index in [1.807, 2.05) is 62.4 Å². The lowest BCUT2D eigenvalue weighted by molar-refractivity contribution is -0.119. The van der Waals surface area contributed by atoms with Gasteiger partial charge in [0.25, 0.3) is 11.8 Å². The standard InChI is InChI=1S/C24H18ClNO2S/c1-15-8-9-17(14-16(15)2)21-22(29-20-6-4-3-5-7-20)24(28)26(23(21)27)19-12-10-18(25)11-13-19/h3-14H,1-2H3. The molecule has 0 atom stereocenters. The van der Waals surface area contributed by atoms with Crippen molar-refractivity contribution in [3.63, 3.8) is 0 Å². The molecule has 0 spiro atoms. The summed E-state index contributed by atoms with van der Waals surface area (Å²) in [6, 6.07) is 22.2. The minimum atomic E-state index is -0.320. The van der Waals surface area contributed by atoms with Crippen molar-refractivity contribution in [2.24, 2.45) is 0 Å². The molecule has 1 aliphatic rings. The molecule has 3 aromatic carbocycles. The summed E-state index contributed by atoms with van der Waals surface area (Å²) >= 11 is 7.30. The Bertz CT molecular complexity index is 1140. The predicted octanol–water partition coefficient (Wildman–Crippen LogP) is 6.03. The van der Waals surface area contributed by atoms with Gasteiger partial charge in [0.05, 0.1) is 16.2 Å². The first kappa shape index (κ1) is 19.5. The Hall–Kier alpha value is -2.82. The van der Waals surface area contributed by atoms with Gasteiger partial charge in [0.2, 0.25) is 0 Å². The Balaban J connectivity index is 1.84. The number of anilines is 1. The third kappa shape index (κ3) is 3.74. The molecular weight excluding hydrogens is 402 g/mol. The summed E-state index contributed by atoms with van der Waals surface area (Å²) in [5.74, 6) is -0.640. The normalized spacial score (nSPS) is 14.1. The number of rotatable bonds is 4. The molecule has 29 heavy (non-hydrogen) atoms. The van der Waals surface area contributed by atoms with E-state index in [1.54, 1.807) is 24.3 Å². The van der Waals surface area contributed by atoms with Crippen LogP contribution in [0.3, 0.4) is 0 Å². The van der Waals surface area contributed by atoms with Crippen molar-refractivity contribution >= 4 is 46.4 Å². The van der Waals surface area contributed by atoms with Gasteiger partial charge in [0, 0.05) is 9.92 Å². The molecule has 2 amide bonds. The zero-order valence-corrected chi connectivity index (χ0v) is 17.6. The minimum absolute atomic E-state index is 0.320. The maximum Gasteiger partial charge on any atom is 0.272 e. The van der Waals surface area contributed by atoms with Gasteiger partial charge in [-0.25, -0.2) is 4.90 Å². The molecule has 0 aliphatic carbocycles. The molecule has 3 aromatic rings. The first-order valence-corrected chi connectivity index (χ1v) is 10.3. The predicted molar refractivity (Wildman–Crippen MR) is 119 cm³/mol. The van der Waals surface area contributed by atoms with Crippen LogP contribution in [0.4, 0.5) is 5.69 Å². The Labute approximate surface area is 179 Å². The van der Waals surface area contributed by atoms with Gasteiger partial charge in [0.15, 0.2) is 0 Å². The maximum atomic E-state index is 13.4. The van der Waals surface area contributed by atoms with Gasteiger partial charge in [-0.15, -0.1) is 0 Å². The number of hydrogen-bond donors (Lipinski definition) is 0. The second-order valence-electron chi connectivity index (χ2n) is 6.84. The molecule has 0 unspecified atom stereocenters. The number of aryl methyl sites for hydroxylation is 2. The quantitative estimate of drug-likeness (QED) is 0.484. The van der Waals surface area contributed by atoms with E-state index in [0.29, 0.717) is 21.2 Å². The Morgan fingerprint density at radius 1 is 0.793 bits per heavy atom. The van der Waals surface area contributed by atoms with E-state index in [-0.39, 0.29) is 11.8 Å². The second-order valence-corrected chi connectivity index (χ2v) is 8.36. The van der Waals surface area contributed by atoms with Crippen LogP contribution in [0, 0.1) is 13.8 Å². The lowest BCUT2D eigenvalue weighted by Crippen LogP contribution is -2.31. The van der Waals surface area contributed by atoms with Gasteiger partial charge >= 0.3 is 0 Å². The second kappa shape index (κ2) is 7.90. The summed E-state index contributed by atoms with van der Waals surface area (Å²) in [7, 11) is 0. The molecule has 0 saturated carbocycles. The molecule has 0 saturated heterocycles. The Kier molecular flexibility index (Phi) is 5.31. The van der Waals surface area contributed by atoms with Crippen LogP contribution in [-0.4, -0.2) is 11.8 Å². The summed E-state index contributed by atoms with van der Waals surface area (Å²) in [6.45, 7) is 4.02. The number of carbonyl (C=O) groups excluding carboxylic acids is 2. The Morgan fingerprint density at radius 3 is 2.14 bits per heavy atom. The highest BCUT2D eigenvalue weighted by Crippen LogP contribution is 2.41. The fourth-order valence-corrected chi connectivity index (χ4v) is 4.33. The molecule has 1 aliphatic heterocycles. The van der Waals surface area contributed by atoms with Gasteiger partial charge in [-0.2, -0.15) is 0 Å². The van der Waals surface area contributed by atoms with Crippen molar-refractivity contribution in [3.05, 3.63) is 99.4 Å². The van der Waals surface area contributed by atoms with Crippen molar-refractivity contribution in [1.29, 1.82) is 0 Å². The van der Waals surface area contributed by atoms with Gasteiger partial charge in [-0.1, -0.05) is 59.8 Å². The monoisotopic (exact) mass is 419 g/mol. The fourth-order valence-electron chi connectivity index (χ4n) is 3.19. The number of benzene rings is 3. The van der Waals surface area contributed by atoms with Crippen LogP contribution in [0.5, 0.6) is 0 Å².